The van der Waals surface area contributed by atoms with Crippen molar-refractivity contribution in [2.75, 3.05) is 19.5 Å². The highest BCUT2D eigenvalue weighted by molar-refractivity contribution is 7.73. The SMILES string of the molecule is COc1ccc(C(=O)Nc2ccc3[nH]c(=S)sc3c2)cc1OC. The lowest BCUT2D eigenvalue weighted by Gasteiger charge is -2.10. The molecule has 2 N–H and O–H groups in total. The van der Waals surface area contributed by atoms with Crippen LogP contribution in [0.15, 0.2) is 36.4 Å². The summed E-state index contributed by atoms with van der Waals surface area (Å²) in [4.78, 5) is 15.5. The molecule has 2 aromatic carbocycles. The number of carbonyl (C=O) groups excluding carboxylic acids is 1. The van der Waals surface area contributed by atoms with Gasteiger partial charge in [-0.3, -0.25) is 4.79 Å². The predicted octanol–water partition coefficient (Wildman–Crippen LogP) is 4.23. The summed E-state index contributed by atoms with van der Waals surface area (Å²) in [5.74, 6) is 0.876. The van der Waals surface area contributed by atoms with Gasteiger partial charge in [-0.2, -0.15) is 0 Å². The first kappa shape index (κ1) is 15.5. The number of nitrogens with one attached hydrogen (secondary N) is 2. The van der Waals surface area contributed by atoms with E-state index in [9.17, 15) is 4.79 Å². The van der Waals surface area contributed by atoms with Crippen molar-refractivity contribution >= 4 is 45.4 Å². The zero-order valence-corrected chi connectivity index (χ0v) is 14.1. The fourth-order valence-corrected chi connectivity index (χ4v) is 3.36. The summed E-state index contributed by atoms with van der Waals surface area (Å²) >= 11 is 6.59. The number of fused-ring (bicyclic) bond motifs is 1. The van der Waals surface area contributed by atoms with Gasteiger partial charge in [-0.15, -0.1) is 11.3 Å². The summed E-state index contributed by atoms with van der Waals surface area (Å²) in [6, 6.07) is 10.7. The molecule has 0 saturated heterocycles. The lowest BCUT2D eigenvalue weighted by atomic mass is 10.2. The molecule has 0 spiro atoms. The van der Waals surface area contributed by atoms with Crippen LogP contribution >= 0.6 is 23.6 Å². The van der Waals surface area contributed by atoms with Crippen LogP contribution in [0.2, 0.25) is 0 Å². The first-order chi connectivity index (χ1) is 11.1. The highest BCUT2D eigenvalue weighted by Crippen LogP contribution is 2.28. The molecule has 0 radical (unpaired) electrons. The Kier molecular flexibility index (Phi) is 4.31. The van der Waals surface area contributed by atoms with E-state index in [-0.39, 0.29) is 5.91 Å². The number of benzene rings is 2. The van der Waals surface area contributed by atoms with Gasteiger partial charge in [-0.1, -0.05) is 0 Å². The highest BCUT2D eigenvalue weighted by Gasteiger charge is 2.11. The molecule has 0 unspecified atom stereocenters. The third-order valence-electron chi connectivity index (χ3n) is 3.32. The topological polar surface area (TPSA) is 63.3 Å². The van der Waals surface area contributed by atoms with E-state index in [0.717, 1.165) is 10.2 Å². The number of amides is 1. The summed E-state index contributed by atoms with van der Waals surface area (Å²) in [5, 5.41) is 2.87. The van der Waals surface area contributed by atoms with Crippen LogP contribution in [0.1, 0.15) is 10.4 Å². The van der Waals surface area contributed by atoms with Crippen molar-refractivity contribution in [2.24, 2.45) is 0 Å². The molecular formula is C16H14N2O3S2. The molecule has 0 atom stereocenters. The van der Waals surface area contributed by atoms with E-state index in [2.05, 4.69) is 10.3 Å². The van der Waals surface area contributed by atoms with Gasteiger partial charge in [0.1, 0.15) is 0 Å². The van der Waals surface area contributed by atoms with Crippen molar-refractivity contribution in [3.05, 3.63) is 45.9 Å². The van der Waals surface area contributed by atoms with Crippen LogP contribution in [-0.4, -0.2) is 25.1 Å². The Morgan fingerprint density at radius 2 is 1.91 bits per heavy atom. The smallest absolute Gasteiger partial charge is 0.255 e. The van der Waals surface area contributed by atoms with E-state index < -0.39 is 0 Å². The number of H-pyrrole nitrogens is 1. The Balaban J connectivity index is 1.86. The molecule has 1 amide bonds. The third-order valence-corrected chi connectivity index (χ3v) is 4.52. The maximum atomic E-state index is 12.4. The van der Waals surface area contributed by atoms with Gasteiger partial charge in [-0.25, -0.2) is 0 Å². The summed E-state index contributed by atoms with van der Waals surface area (Å²) in [7, 11) is 3.09. The number of rotatable bonds is 4. The van der Waals surface area contributed by atoms with Gasteiger partial charge >= 0.3 is 0 Å². The number of thiazole rings is 1. The molecule has 0 bridgehead atoms. The Morgan fingerprint density at radius 1 is 1.13 bits per heavy atom. The number of hydrogen-bond acceptors (Lipinski definition) is 5. The Labute approximate surface area is 141 Å². The quantitative estimate of drug-likeness (QED) is 0.694. The van der Waals surface area contributed by atoms with Crippen LogP contribution < -0.4 is 14.8 Å². The molecule has 3 aromatic rings. The summed E-state index contributed by atoms with van der Waals surface area (Å²) in [6.45, 7) is 0. The monoisotopic (exact) mass is 346 g/mol. The second kappa shape index (κ2) is 6.39. The van der Waals surface area contributed by atoms with Crippen LogP contribution in [0.25, 0.3) is 10.2 Å². The summed E-state index contributed by atoms with van der Waals surface area (Å²) in [6.07, 6.45) is 0. The molecule has 5 nitrogen and oxygen atoms in total. The van der Waals surface area contributed by atoms with Gasteiger partial charge in [-0.05, 0) is 48.6 Å². The molecule has 7 heteroatoms. The van der Waals surface area contributed by atoms with Crippen LogP contribution in [0.5, 0.6) is 11.5 Å². The molecule has 3 rings (SSSR count). The Bertz CT molecular complexity index is 930. The largest absolute Gasteiger partial charge is 0.493 e. The van der Waals surface area contributed by atoms with Crippen molar-refractivity contribution in [1.82, 2.24) is 4.98 Å². The molecule has 1 aromatic heterocycles. The van der Waals surface area contributed by atoms with E-state index in [4.69, 9.17) is 21.7 Å². The second-order valence-corrected chi connectivity index (χ2v) is 6.47. The third kappa shape index (κ3) is 3.20. The predicted molar refractivity (Wildman–Crippen MR) is 94.5 cm³/mol. The van der Waals surface area contributed by atoms with Crippen molar-refractivity contribution in [2.45, 2.75) is 0 Å². The average molecular weight is 346 g/mol. The molecule has 0 aliphatic rings. The average Bonchev–Trinajstić information content (AvgIpc) is 2.93. The lowest BCUT2D eigenvalue weighted by Crippen LogP contribution is -2.12. The van der Waals surface area contributed by atoms with Crippen molar-refractivity contribution < 1.29 is 14.3 Å². The number of ether oxygens (including phenoxy) is 2. The first-order valence-corrected chi connectivity index (χ1v) is 7.99. The minimum Gasteiger partial charge on any atom is -0.493 e. The van der Waals surface area contributed by atoms with Crippen LogP contribution in [0, 0.1) is 3.95 Å². The van der Waals surface area contributed by atoms with Crippen molar-refractivity contribution in [3.8, 4) is 11.5 Å². The zero-order chi connectivity index (χ0) is 16.4. The van der Waals surface area contributed by atoms with E-state index in [1.54, 1.807) is 25.3 Å². The molecule has 0 aliphatic heterocycles. The van der Waals surface area contributed by atoms with Crippen molar-refractivity contribution in [1.29, 1.82) is 0 Å². The zero-order valence-electron chi connectivity index (χ0n) is 12.5. The number of aromatic amines is 1. The second-order valence-electron chi connectivity index (χ2n) is 4.75. The van der Waals surface area contributed by atoms with Crippen LogP contribution in [0.4, 0.5) is 5.69 Å². The summed E-state index contributed by atoms with van der Waals surface area (Å²) in [5.41, 5.74) is 2.16. The molecule has 118 valence electrons. The van der Waals surface area contributed by atoms with Crippen LogP contribution in [0.3, 0.4) is 0 Å². The lowest BCUT2D eigenvalue weighted by molar-refractivity contribution is 0.102. The van der Waals surface area contributed by atoms with Gasteiger partial charge in [0.2, 0.25) is 0 Å². The highest BCUT2D eigenvalue weighted by atomic mass is 32.1. The van der Waals surface area contributed by atoms with E-state index in [0.29, 0.717) is 26.7 Å². The van der Waals surface area contributed by atoms with Gasteiger partial charge in [0.05, 0.1) is 24.4 Å². The normalized spacial score (nSPS) is 10.5. The maximum Gasteiger partial charge on any atom is 0.255 e. The first-order valence-electron chi connectivity index (χ1n) is 6.77. The van der Waals surface area contributed by atoms with Gasteiger partial charge < -0.3 is 19.8 Å². The van der Waals surface area contributed by atoms with Crippen molar-refractivity contribution in [3.63, 3.8) is 0 Å². The molecule has 23 heavy (non-hydrogen) atoms. The number of hydrogen-bond donors (Lipinski definition) is 2. The fourth-order valence-electron chi connectivity index (χ4n) is 2.20. The minimum absolute atomic E-state index is 0.218. The van der Waals surface area contributed by atoms with E-state index >= 15 is 0 Å². The molecule has 1 heterocycles. The minimum atomic E-state index is -0.218. The fraction of sp³-hybridized carbons (Fsp3) is 0.125. The van der Waals surface area contributed by atoms with E-state index in [1.165, 1.54) is 18.4 Å². The van der Waals surface area contributed by atoms with Gasteiger partial charge in [0.25, 0.3) is 5.91 Å². The number of aromatic nitrogens is 1. The standard InChI is InChI=1S/C16H14N2O3S2/c1-20-12-6-3-9(7-13(12)21-2)15(19)17-10-4-5-11-14(8-10)23-16(22)18-11/h3-8H,1-2H3,(H,17,19)(H,18,22). The molecule has 0 saturated carbocycles. The van der Waals surface area contributed by atoms with Gasteiger partial charge in [0.15, 0.2) is 15.5 Å². The van der Waals surface area contributed by atoms with E-state index in [1.807, 2.05) is 18.2 Å². The molecular weight excluding hydrogens is 332 g/mol. The molecule has 0 aliphatic carbocycles. The Morgan fingerprint density at radius 3 is 2.65 bits per heavy atom. The number of anilines is 1. The summed E-state index contributed by atoms with van der Waals surface area (Å²) < 4.78 is 12.1. The van der Waals surface area contributed by atoms with Gasteiger partial charge in [0, 0.05) is 11.3 Å². The Hall–Kier alpha value is -2.38. The van der Waals surface area contributed by atoms with Crippen LogP contribution in [-0.2, 0) is 0 Å². The number of carbonyl (C=O) groups is 1. The molecule has 0 fully saturated rings. The number of methoxy groups -OCH3 is 2. The maximum absolute atomic E-state index is 12.4.